The summed E-state index contributed by atoms with van der Waals surface area (Å²) in [4.78, 5) is 10.8. The van der Waals surface area contributed by atoms with Gasteiger partial charge in [-0.25, -0.2) is 4.79 Å². The molecule has 8 heteroatoms. The van der Waals surface area contributed by atoms with Crippen LogP contribution in [-0.4, -0.2) is 31.2 Å². The maximum absolute atomic E-state index is 10.8. The highest BCUT2D eigenvalue weighted by Gasteiger charge is 2.11. The third-order valence-electron chi connectivity index (χ3n) is 1.79. The summed E-state index contributed by atoms with van der Waals surface area (Å²) in [5.41, 5.74) is 0.417. The van der Waals surface area contributed by atoms with E-state index in [0.717, 1.165) is 18.2 Å². The molecule has 0 aromatic heterocycles. The minimum absolute atomic E-state index is 0.417. The average molecular weight is 274 g/mol. The third-order valence-corrected chi connectivity index (χ3v) is 2.18. The van der Waals surface area contributed by atoms with Crippen LogP contribution in [0.3, 0.4) is 0 Å². The highest BCUT2D eigenvalue weighted by atomic mass is 32.3. The van der Waals surface area contributed by atoms with Crippen molar-refractivity contribution < 1.29 is 31.8 Å². The summed E-state index contributed by atoms with van der Waals surface area (Å²) in [5, 5.41) is 9.43. The lowest BCUT2D eigenvalue weighted by molar-refractivity contribution is -0.134. The number of phenolic OH excluding ortho intramolecular Hbond substituents is 1. The average Bonchev–Trinajstić information content (AvgIpc) is 2.27. The number of carbonyl (C=O) groups is 1. The van der Waals surface area contributed by atoms with Crippen LogP contribution in [0, 0.1) is 0 Å². The van der Waals surface area contributed by atoms with Crippen molar-refractivity contribution in [3.8, 4) is 11.5 Å². The number of hydrogen-bond donors (Lipinski definition) is 2. The third kappa shape index (κ3) is 4.44. The van der Waals surface area contributed by atoms with Gasteiger partial charge in [0.1, 0.15) is 0 Å². The Balaban J connectivity index is 2.93. The van der Waals surface area contributed by atoms with Gasteiger partial charge in [-0.05, 0) is 23.8 Å². The molecule has 0 radical (unpaired) electrons. The lowest BCUT2D eigenvalue weighted by atomic mass is 10.2. The smallest absolute Gasteiger partial charge is 0.446 e. The summed E-state index contributed by atoms with van der Waals surface area (Å²) in [5.74, 6) is -1.50. The molecule has 1 rings (SSSR count). The topological polar surface area (TPSA) is 110 Å². The predicted molar refractivity (Wildman–Crippen MR) is 61.3 cm³/mol. The fourth-order valence-corrected chi connectivity index (χ4v) is 1.42. The van der Waals surface area contributed by atoms with Crippen LogP contribution in [0.5, 0.6) is 11.5 Å². The second-order valence-corrected chi connectivity index (χ2v) is 4.12. The van der Waals surface area contributed by atoms with Gasteiger partial charge in [0.2, 0.25) is 0 Å². The Labute approximate surface area is 103 Å². The van der Waals surface area contributed by atoms with E-state index in [9.17, 15) is 18.3 Å². The van der Waals surface area contributed by atoms with Crippen LogP contribution in [0.2, 0.25) is 0 Å². The zero-order valence-electron chi connectivity index (χ0n) is 9.23. The molecular weight excluding hydrogens is 264 g/mol. The van der Waals surface area contributed by atoms with Gasteiger partial charge in [0, 0.05) is 6.08 Å². The Kier molecular flexibility index (Phi) is 4.29. The van der Waals surface area contributed by atoms with Gasteiger partial charge >= 0.3 is 16.4 Å². The molecule has 0 saturated carbocycles. The highest BCUT2D eigenvalue weighted by Crippen LogP contribution is 2.28. The lowest BCUT2D eigenvalue weighted by Gasteiger charge is -2.04. The molecular formula is C10H10O7S. The molecule has 1 aromatic rings. The summed E-state index contributed by atoms with van der Waals surface area (Å²) in [7, 11) is -3.48. The zero-order chi connectivity index (χ0) is 13.8. The summed E-state index contributed by atoms with van der Waals surface area (Å²) >= 11 is 0. The Morgan fingerprint density at radius 3 is 2.56 bits per heavy atom. The first-order valence-electron chi connectivity index (χ1n) is 4.58. The Morgan fingerprint density at radius 2 is 2.06 bits per heavy atom. The number of rotatable bonds is 4. The van der Waals surface area contributed by atoms with Gasteiger partial charge in [-0.1, -0.05) is 6.07 Å². The SMILES string of the molecule is COC(=O)/C=C/c1ccc(OS(=O)(=O)O)c(O)c1. The molecule has 0 aliphatic rings. The predicted octanol–water partition coefficient (Wildman–Crippen LogP) is 0.760. The van der Waals surface area contributed by atoms with Crippen molar-refractivity contribution >= 4 is 22.4 Å². The van der Waals surface area contributed by atoms with Gasteiger partial charge in [0.25, 0.3) is 0 Å². The first kappa shape index (κ1) is 14.0. The maximum Gasteiger partial charge on any atom is 0.446 e. The second kappa shape index (κ2) is 5.52. The Hall–Kier alpha value is -2.06. The monoisotopic (exact) mass is 274 g/mol. The second-order valence-electron chi connectivity index (χ2n) is 3.09. The normalized spacial score (nSPS) is 11.4. The van der Waals surface area contributed by atoms with Crippen molar-refractivity contribution in [2.75, 3.05) is 7.11 Å². The molecule has 0 amide bonds. The quantitative estimate of drug-likeness (QED) is 0.473. The van der Waals surface area contributed by atoms with Crippen molar-refractivity contribution in [2.24, 2.45) is 0 Å². The summed E-state index contributed by atoms with van der Waals surface area (Å²) < 4.78 is 37.8. The van der Waals surface area contributed by atoms with Crippen LogP contribution in [0.25, 0.3) is 6.08 Å². The molecule has 7 nitrogen and oxygen atoms in total. The van der Waals surface area contributed by atoms with E-state index < -0.39 is 27.9 Å². The number of benzene rings is 1. The van der Waals surface area contributed by atoms with E-state index in [4.69, 9.17) is 4.55 Å². The minimum Gasteiger partial charge on any atom is -0.504 e. The molecule has 2 N–H and O–H groups in total. The fourth-order valence-electron chi connectivity index (χ4n) is 1.05. The first-order chi connectivity index (χ1) is 8.31. The molecule has 0 unspecified atom stereocenters. The van der Waals surface area contributed by atoms with Crippen molar-refractivity contribution in [3.05, 3.63) is 29.8 Å². The summed E-state index contributed by atoms with van der Waals surface area (Å²) in [6, 6.07) is 3.65. The number of aromatic hydroxyl groups is 1. The molecule has 0 fully saturated rings. The van der Waals surface area contributed by atoms with E-state index in [1.807, 2.05) is 0 Å². The van der Waals surface area contributed by atoms with Crippen LogP contribution >= 0.6 is 0 Å². The van der Waals surface area contributed by atoms with Gasteiger partial charge in [-0.2, -0.15) is 8.42 Å². The summed E-state index contributed by atoms with van der Waals surface area (Å²) in [6.07, 6.45) is 2.47. The van der Waals surface area contributed by atoms with Crippen molar-refractivity contribution in [1.82, 2.24) is 0 Å². The van der Waals surface area contributed by atoms with Crippen LogP contribution in [-0.2, 0) is 19.9 Å². The zero-order valence-corrected chi connectivity index (χ0v) is 10.0. The molecule has 0 bridgehead atoms. The maximum atomic E-state index is 10.8. The van der Waals surface area contributed by atoms with Crippen LogP contribution in [0.4, 0.5) is 0 Å². The lowest BCUT2D eigenvalue weighted by Crippen LogP contribution is -2.06. The molecule has 1 aromatic carbocycles. The van der Waals surface area contributed by atoms with E-state index in [-0.39, 0.29) is 0 Å². The van der Waals surface area contributed by atoms with Gasteiger partial charge in [-0.3, -0.25) is 4.55 Å². The molecule has 18 heavy (non-hydrogen) atoms. The van der Waals surface area contributed by atoms with E-state index in [1.165, 1.54) is 19.3 Å². The van der Waals surface area contributed by atoms with E-state index in [0.29, 0.717) is 5.56 Å². The van der Waals surface area contributed by atoms with Crippen LogP contribution < -0.4 is 4.18 Å². The van der Waals surface area contributed by atoms with Gasteiger partial charge in [0.15, 0.2) is 11.5 Å². The number of carbonyl (C=O) groups excluding carboxylic acids is 1. The fraction of sp³-hybridized carbons (Fsp3) is 0.100. The molecule has 0 saturated heterocycles. The van der Waals surface area contributed by atoms with E-state index in [2.05, 4.69) is 8.92 Å². The molecule has 0 aliphatic carbocycles. The van der Waals surface area contributed by atoms with Gasteiger partial charge in [0.05, 0.1) is 7.11 Å². The molecule has 0 heterocycles. The van der Waals surface area contributed by atoms with Gasteiger partial charge < -0.3 is 14.0 Å². The van der Waals surface area contributed by atoms with Crippen molar-refractivity contribution in [3.63, 3.8) is 0 Å². The largest absolute Gasteiger partial charge is 0.504 e. The summed E-state index contributed by atoms with van der Waals surface area (Å²) in [6.45, 7) is 0. The van der Waals surface area contributed by atoms with Crippen molar-refractivity contribution in [1.29, 1.82) is 0 Å². The minimum atomic E-state index is -4.69. The number of phenols is 1. The number of esters is 1. The van der Waals surface area contributed by atoms with Gasteiger partial charge in [-0.15, -0.1) is 0 Å². The Bertz CT molecular complexity index is 574. The molecule has 0 aliphatic heterocycles. The standard InChI is InChI=1S/C10H10O7S/c1-16-10(12)5-3-7-2-4-9(8(11)6-7)17-18(13,14)15/h2-6,11H,1H3,(H,13,14,15)/b5-3+. The number of ether oxygens (including phenoxy) is 1. The highest BCUT2D eigenvalue weighted by molar-refractivity contribution is 7.81. The Morgan fingerprint density at radius 1 is 1.39 bits per heavy atom. The van der Waals surface area contributed by atoms with Crippen LogP contribution in [0.15, 0.2) is 24.3 Å². The molecule has 98 valence electrons. The van der Waals surface area contributed by atoms with E-state index in [1.54, 1.807) is 0 Å². The first-order valence-corrected chi connectivity index (χ1v) is 5.94. The number of hydrogen-bond acceptors (Lipinski definition) is 6. The van der Waals surface area contributed by atoms with E-state index >= 15 is 0 Å². The van der Waals surface area contributed by atoms with Crippen molar-refractivity contribution in [2.45, 2.75) is 0 Å². The molecule has 0 atom stereocenters. The number of methoxy groups -OCH3 is 1. The molecule has 0 spiro atoms. The van der Waals surface area contributed by atoms with Crippen LogP contribution in [0.1, 0.15) is 5.56 Å².